The number of hydrogen-bond acceptors (Lipinski definition) is 5. The van der Waals surface area contributed by atoms with Crippen molar-refractivity contribution >= 4 is 11.9 Å². The molecule has 0 saturated heterocycles. The Morgan fingerprint density at radius 1 is 1.17 bits per heavy atom. The van der Waals surface area contributed by atoms with E-state index in [1.807, 2.05) is 0 Å². The molecule has 10 heteroatoms. The fraction of sp³-hybridized carbons (Fsp3) is 0.368. The van der Waals surface area contributed by atoms with Gasteiger partial charge in [0.05, 0.1) is 13.7 Å². The van der Waals surface area contributed by atoms with Crippen molar-refractivity contribution in [1.29, 1.82) is 0 Å². The van der Waals surface area contributed by atoms with Crippen LogP contribution in [0.3, 0.4) is 0 Å². The van der Waals surface area contributed by atoms with Crippen molar-refractivity contribution in [2.24, 2.45) is 4.99 Å². The number of halogens is 3. The molecule has 1 aromatic carbocycles. The summed E-state index contributed by atoms with van der Waals surface area (Å²) in [7, 11) is 2.89. The van der Waals surface area contributed by atoms with Crippen molar-refractivity contribution in [2.75, 3.05) is 20.8 Å². The van der Waals surface area contributed by atoms with E-state index in [9.17, 15) is 18.0 Å². The third-order valence-electron chi connectivity index (χ3n) is 3.81. The maximum absolute atomic E-state index is 12.2. The van der Waals surface area contributed by atoms with Crippen LogP contribution in [0.5, 0.6) is 5.75 Å². The third kappa shape index (κ3) is 7.05. The number of carbonyl (C=O) groups is 1. The normalized spacial score (nSPS) is 11.9. The van der Waals surface area contributed by atoms with E-state index >= 15 is 0 Å². The predicted molar refractivity (Wildman–Crippen MR) is 99.8 cm³/mol. The summed E-state index contributed by atoms with van der Waals surface area (Å²) in [5.74, 6) is 1.16. The predicted octanol–water partition coefficient (Wildman–Crippen LogP) is 3.18. The first-order chi connectivity index (χ1) is 13.7. The second-order valence-electron chi connectivity index (χ2n) is 6.00. The van der Waals surface area contributed by atoms with Gasteiger partial charge in [-0.15, -0.1) is 0 Å². The molecule has 0 bridgehead atoms. The Morgan fingerprint density at radius 3 is 2.41 bits per heavy atom. The minimum Gasteiger partial charge on any atom is -0.484 e. The van der Waals surface area contributed by atoms with Crippen molar-refractivity contribution in [3.8, 4) is 5.75 Å². The molecule has 0 fully saturated rings. The largest absolute Gasteiger partial charge is 0.484 e. The summed E-state index contributed by atoms with van der Waals surface area (Å²) in [4.78, 5) is 15.7. The standard InChI is InChI=1S/C19H22F3N3O4/c1-12-16(17(26)27-3)8-15(29-12)10-25-18(23-2)24-9-13-4-6-14(7-5-13)28-11-19(20,21)22/h4-8H,9-11H2,1-3H3,(H2,23,24,25). The lowest BCUT2D eigenvalue weighted by atomic mass is 10.2. The lowest BCUT2D eigenvalue weighted by Gasteiger charge is -2.12. The smallest absolute Gasteiger partial charge is 0.422 e. The first kappa shape index (κ1) is 22.1. The molecule has 0 aliphatic heterocycles. The number of aliphatic imine (C=N–C) groups is 1. The Morgan fingerprint density at radius 2 is 1.83 bits per heavy atom. The van der Waals surface area contributed by atoms with Crippen LogP contribution < -0.4 is 15.4 Å². The molecule has 2 N–H and O–H groups in total. The van der Waals surface area contributed by atoms with Crippen molar-refractivity contribution in [1.82, 2.24) is 10.6 Å². The van der Waals surface area contributed by atoms with Gasteiger partial charge in [0.2, 0.25) is 0 Å². The summed E-state index contributed by atoms with van der Waals surface area (Å²) in [5.41, 5.74) is 1.19. The SMILES string of the molecule is CN=C(NCc1ccc(OCC(F)(F)F)cc1)NCc1cc(C(=O)OC)c(C)o1. The van der Waals surface area contributed by atoms with E-state index in [4.69, 9.17) is 4.42 Å². The van der Waals surface area contributed by atoms with Gasteiger partial charge in [0.1, 0.15) is 22.8 Å². The molecule has 0 unspecified atom stereocenters. The van der Waals surface area contributed by atoms with Crippen LogP contribution in [0, 0.1) is 6.92 Å². The van der Waals surface area contributed by atoms with Gasteiger partial charge in [0, 0.05) is 13.6 Å². The number of alkyl halides is 3. The topological polar surface area (TPSA) is 85.1 Å². The Kier molecular flexibility index (Phi) is 7.52. The highest BCUT2D eigenvalue weighted by molar-refractivity contribution is 5.90. The van der Waals surface area contributed by atoms with Gasteiger partial charge in [0.15, 0.2) is 12.6 Å². The van der Waals surface area contributed by atoms with Crippen LogP contribution >= 0.6 is 0 Å². The summed E-state index contributed by atoms with van der Waals surface area (Å²) >= 11 is 0. The van der Waals surface area contributed by atoms with Gasteiger partial charge in [0.25, 0.3) is 0 Å². The fourth-order valence-corrected chi connectivity index (χ4v) is 2.39. The number of esters is 1. The van der Waals surface area contributed by atoms with Crippen LogP contribution in [0.25, 0.3) is 0 Å². The molecule has 0 spiro atoms. The molecule has 158 valence electrons. The van der Waals surface area contributed by atoms with Crippen molar-refractivity contribution < 1.29 is 31.9 Å². The minimum atomic E-state index is -4.37. The first-order valence-electron chi connectivity index (χ1n) is 8.62. The second kappa shape index (κ2) is 9.85. The molecule has 0 saturated carbocycles. The van der Waals surface area contributed by atoms with E-state index in [0.29, 0.717) is 36.1 Å². The molecule has 7 nitrogen and oxygen atoms in total. The number of nitrogens with one attached hydrogen (secondary N) is 2. The van der Waals surface area contributed by atoms with E-state index in [1.54, 1.807) is 32.2 Å². The van der Waals surface area contributed by atoms with Gasteiger partial charge >= 0.3 is 12.1 Å². The molecule has 0 radical (unpaired) electrons. The van der Waals surface area contributed by atoms with E-state index in [2.05, 4.69) is 25.1 Å². The van der Waals surface area contributed by atoms with Gasteiger partial charge < -0.3 is 24.5 Å². The average molecular weight is 413 g/mol. The van der Waals surface area contributed by atoms with E-state index < -0.39 is 18.8 Å². The van der Waals surface area contributed by atoms with Crippen molar-refractivity contribution in [2.45, 2.75) is 26.2 Å². The van der Waals surface area contributed by atoms with Crippen molar-refractivity contribution in [3.05, 3.63) is 53.0 Å². The van der Waals surface area contributed by atoms with Crippen LogP contribution in [0.2, 0.25) is 0 Å². The molecular weight excluding hydrogens is 391 g/mol. The quantitative estimate of drug-likeness (QED) is 0.412. The molecule has 0 aliphatic rings. The Balaban J connectivity index is 1.84. The highest BCUT2D eigenvalue weighted by atomic mass is 19.4. The van der Waals surface area contributed by atoms with Crippen LogP contribution in [0.4, 0.5) is 13.2 Å². The molecule has 0 aliphatic carbocycles. The number of aryl methyl sites for hydroxylation is 1. The van der Waals surface area contributed by atoms with Crippen LogP contribution in [0.1, 0.15) is 27.4 Å². The number of methoxy groups -OCH3 is 1. The van der Waals surface area contributed by atoms with E-state index in [-0.39, 0.29) is 5.75 Å². The number of rotatable bonds is 7. The third-order valence-corrected chi connectivity index (χ3v) is 3.81. The number of nitrogens with zero attached hydrogens (tertiary/aromatic N) is 1. The maximum atomic E-state index is 12.2. The van der Waals surface area contributed by atoms with Gasteiger partial charge in [-0.25, -0.2) is 4.79 Å². The maximum Gasteiger partial charge on any atom is 0.422 e. The summed E-state index contributed by atoms with van der Waals surface area (Å²) in [6.45, 7) is 1.03. The molecular formula is C19H22F3N3O4. The summed E-state index contributed by atoms with van der Waals surface area (Å²) in [5, 5.41) is 6.12. The number of benzene rings is 1. The van der Waals surface area contributed by atoms with Gasteiger partial charge in [-0.2, -0.15) is 13.2 Å². The molecule has 0 amide bonds. The summed E-state index contributed by atoms with van der Waals surface area (Å²) in [6, 6.07) is 7.86. The minimum absolute atomic E-state index is 0.142. The summed E-state index contributed by atoms with van der Waals surface area (Å²) in [6.07, 6.45) is -4.37. The Hall–Kier alpha value is -3.17. The van der Waals surface area contributed by atoms with E-state index in [1.165, 1.54) is 19.2 Å². The van der Waals surface area contributed by atoms with Gasteiger partial charge in [-0.3, -0.25) is 4.99 Å². The fourth-order valence-electron chi connectivity index (χ4n) is 2.39. The Labute approximate surface area is 165 Å². The average Bonchev–Trinajstić information content (AvgIpc) is 3.06. The first-order valence-corrected chi connectivity index (χ1v) is 8.62. The number of hydrogen-bond donors (Lipinski definition) is 2. The van der Waals surface area contributed by atoms with Gasteiger partial charge in [-0.05, 0) is 30.7 Å². The second-order valence-corrected chi connectivity index (χ2v) is 6.00. The molecule has 2 rings (SSSR count). The lowest BCUT2D eigenvalue weighted by Crippen LogP contribution is -2.36. The lowest BCUT2D eigenvalue weighted by molar-refractivity contribution is -0.153. The van der Waals surface area contributed by atoms with Crippen molar-refractivity contribution in [3.63, 3.8) is 0 Å². The number of guanidine groups is 1. The van der Waals surface area contributed by atoms with Gasteiger partial charge in [-0.1, -0.05) is 12.1 Å². The zero-order valence-corrected chi connectivity index (χ0v) is 16.2. The number of furan rings is 1. The highest BCUT2D eigenvalue weighted by Crippen LogP contribution is 2.19. The Bertz CT molecular complexity index is 845. The molecule has 0 atom stereocenters. The number of ether oxygens (including phenoxy) is 2. The van der Waals surface area contributed by atoms with Crippen LogP contribution in [-0.2, 0) is 17.8 Å². The molecule has 1 aromatic heterocycles. The zero-order chi connectivity index (χ0) is 21.4. The molecule has 29 heavy (non-hydrogen) atoms. The van der Waals surface area contributed by atoms with E-state index in [0.717, 1.165) is 5.56 Å². The zero-order valence-electron chi connectivity index (χ0n) is 16.2. The van der Waals surface area contributed by atoms with Crippen LogP contribution in [0.15, 0.2) is 39.7 Å². The van der Waals surface area contributed by atoms with Crippen LogP contribution in [-0.4, -0.2) is 38.9 Å². The molecule has 1 heterocycles. The number of carbonyl (C=O) groups excluding carboxylic acids is 1. The molecule has 2 aromatic rings. The highest BCUT2D eigenvalue weighted by Gasteiger charge is 2.28. The summed E-state index contributed by atoms with van der Waals surface area (Å²) < 4.78 is 51.4. The monoisotopic (exact) mass is 413 g/mol.